The third-order valence-corrected chi connectivity index (χ3v) is 4.10. The third kappa shape index (κ3) is 5.03. The molecule has 1 heterocycles. The molecule has 0 aliphatic heterocycles. The Morgan fingerprint density at radius 2 is 2.14 bits per heavy atom. The van der Waals surface area contributed by atoms with Gasteiger partial charge in [0.2, 0.25) is 0 Å². The molecule has 1 aromatic carbocycles. The lowest BCUT2D eigenvalue weighted by Gasteiger charge is -2.18. The van der Waals surface area contributed by atoms with Crippen LogP contribution in [0.3, 0.4) is 0 Å². The van der Waals surface area contributed by atoms with E-state index < -0.39 is 0 Å². The van der Waals surface area contributed by atoms with Gasteiger partial charge in [-0.05, 0) is 49.1 Å². The van der Waals surface area contributed by atoms with Crippen LogP contribution in [0.25, 0.3) is 0 Å². The van der Waals surface area contributed by atoms with E-state index in [1.54, 1.807) is 0 Å². The molecule has 0 bridgehead atoms. The Morgan fingerprint density at radius 3 is 2.76 bits per heavy atom. The standard InChI is InChI=1S/C16H21Cl2N3/c1-3-19-15(7-4-12-10-20-21(2)11-12)8-13-5-6-14(17)9-16(13)18/h5-6,9-11,15,19H,3-4,7-8H2,1-2H3. The maximum atomic E-state index is 6.27. The van der Waals surface area contributed by atoms with Gasteiger partial charge in [-0.1, -0.05) is 36.2 Å². The molecule has 0 fully saturated rings. The second-order valence-electron chi connectivity index (χ2n) is 5.26. The van der Waals surface area contributed by atoms with E-state index in [4.69, 9.17) is 23.2 Å². The number of likely N-dealkylation sites (N-methyl/N-ethyl adjacent to an activating group) is 1. The Morgan fingerprint density at radius 1 is 1.33 bits per heavy atom. The zero-order valence-corrected chi connectivity index (χ0v) is 14.0. The van der Waals surface area contributed by atoms with Crippen LogP contribution in [0.2, 0.25) is 10.0 Å². The third-order valence-electron chi connectivity index (χ3n) is 3.51. The summed E-state index contributed by atoms with van der Waals surface area (Å²) in [4.78, 5) is 0. The van der Waals surface area contributed by atoms with Gasteiger partial charge in [-0.3, -0.25) is 4.68 Å². The van der Waals surface area contributed by atoms with Crippen LogP contribution in [0, 0.1) is 0 Å². The summed E-state index contributed by atoms with van der Waals surface area (Å²) in [6.45, 7) is 3.07. The van der Waals surface area contributed by atoms with E-state index in [1.807, 2.05) is 36.1 Å². The summed E-state index contributed by atoms with van der Waals surface area (Å²) in [7, 11) is 1.94. The highest BCUT2D eigenvalue weighted by Gasteiger charge is 2.12. The Labute approximate surface area is 136 Å². The molecule has 114 valence electrons. The normalized spacial score (nSPS) is 12.6. The van der Waals surface area contributed by atoms with Crippen LogP contribution in [0.5, 0.6) is 0 Å². The second-order valence-corrected chi connectivity index (χ2v) is 6.10. The predicted molar refractivity (Wildman–Crippen MR) is 89.2 cm³/mol. The average Bonchev–Trinajstić information content (AvgIpc) is 2.85. The second kappa shape index (κ2) is 7.83. The molecule has 2 aromatic rings. The van der Waals surface area contributed by atoms with Crippen molar-refractivity contribution in [3.63, 3.8) is 0 Å². The van der Waals surface area contributed by atoms with Crippen molar-refractivity contribution < 1.29 is 0 Å². The molecule has 1 aromatic heterocycles. The van der Waals surface area contributed by atoms with E-state index in [-0.39, 0.29) is 0 Å². The fourth-order valence-corrected chi connectivity index (χ4v) is 2.95. The number of nitrogens with zero attached hydrogens (tertiary/aromatic N) is 2. The minimum Gasteiger partial charge on any atom is -0.314 e. The van der Waals surface area contributed by atoms with Crippen LogP contribution in [0.15, 0.2) is 30.6 Å². The van der Waals surface area contributed by atoms with E-state index in [2.05, 4.69) is 23.5 Å². The Bertz CT molecular complexity index is 581. The summed E-state index contributed by atoms with van der Waals surface area (Å²) in [6.07, 6.45) is 6.97. The Hall–Kier alpha value is -1.03. The number of benzene rings is 1. The van der Waals surface area contributed by atoms with E-state index >= 15 is 0 Å². The topological polar surface area (TPSA) is 29.9 Å². The highest BCUT2D eigenvalue weighted by Crippen LogP contribution is 2.23. The largest absolute Gasteiger partial charge is 0.314 e. The average molecular weight is 326 g/mol. The zero-order valence-electron chi connectivity index (χ0n) is 12.4. The number of halogens is 2. The van der Waals surface area contributed by atoms with Gasteiger partial charge in [0.1, 0.15) is 0 Å². The van der Waals surface area contributed by atoms with Crippen molar-refractivity contribution in [2.24, 2.45) is 7.05 Å². The van der Waals surface area contributed by atoms with Gasteiger partial charge in [-0.15, -0.1) is 0 Å². The maximum Gasteiger partial charge on any atom is 0.0521 e. The van der Waals surface area contributed by atoms with Gasteiger partial charge in [0.05, 0.1) is 6.20 Å². The molecule has 3 nitrogen and oxygen atoms in total. The van der Waals surface area contributed by atoms with Gasteiger partial charge < -0.3 is 5.32 Å². The van der Waals surface area contributed by atoms with Crippen molar-refractivity contribution in [1.82, 2.24) is 15.1 Å². The van der Waals surface area contributed by atoms with Crippen LogP contribution in [0.1, 0.15) is 24.5 Å². The molecular formula is C16H21Cl2N3. The fraction of sp³-hybridized carbons (Fsp3) is 0.438. The van der Waals surface area contributed by atoms with Crippen molar-refractivity contribution in [2.75, 3.05) is 6.54 Å². The van der Waals surface area contributed by atoms with E-state index in [0.29, 0.717) is 11.1 Å². The van der Waals surface area contributed by atoms with Crippen LogP contribution < -0.4 is 5.32 Å². The SMILES string of the molecule is CCNC(CCc1cnn(C)c1)Cc1ccc(Cl)cc1Cl. The molecule has 1 unspecified atom stereocenters. The van der Waals surface area contributed by atoms with Crippen LogP contribution in [-0.2, 0) is 19.9 Å². The van der Waals surface area contributed by atoms with Crippen LogP contribution in [-0.4, -0.2) is 22.4 Å². The Kier molecular flexibility index (Phi) is 6.09. The summed E-state index contributed by atoms with van der Waals surface area (Å²) in [5, 5.41) is 9.16. The number of rotatable bonds is 7. The minimum atomic E-state index is 0.397. The van der Waals surface area contributed by atoms with Crippen molar-refractivity contribution in [3.8, 4) is 0 Å². The molecule has 0 spiro atoms. The van der Waals surface area contributed by atoms with Crippen molar-refractivity contribution >= 4 is 23.2 Å². The molecule has 1 atom stereocenters. The summed E-state index contributed by atoms with van der Waals surface area (Å²) in [5.41, 5.74) is 2.40. The van der Waals surface area contributed by atoms with Gasteiger partial charge in [0.15, 0.2) is 0 Å². The van der Waals surface area contributed by atoms with Gasteiger partial charge in [0, 0.05) is 29.3 Å². The maximum absolute atomic E-state index is 6.27. The molecule has 0 amide bonds. The Balaban J connectivity index is 1.97. The number of aryl methyl sites for hydroxylation is 2. The lowest BCUT2D eigenvalue weighted by atomic mass is 10.00. The number of nitrogens with one attached hydrogen (secondary N) is 1. The molecule has 0 aliphatic carbocycles. The highest BCUT2D eigenvalue weighted by molar-refractivity contribution is 6.35. The molecule has 5 heteroatoms. The first-order chi connectivity index (χ1) is 10.1. The molecule has 0 aliphatic rings. The van der Waals surface area contributed by atoms with Crippen molar-refractivity contribution in [1.29, 1.82) is 0 Å². The quantitative estimate of drug-likeness (QED) is 0.837. The molecule has 1 N–H and O–H groups in total. The lowest BCUT2D eigenvalue weighted by molar-refractivity contribution is 0.491. The first kappa shape index (κ1) is 16.3. The number of aromatic nitrogens is 2. The van der Waals surface area contributed by atoms with Crippen LogP contribution in [0.4, 0.5) is 0 Å². The molecular weight excluding hydrogens is 305 g/mol. The predicted octanol–water partition coefficient (Wildman–Crippen LogP) is 3.88. The zero-order chi connectivity index (χ0) is 15.2. The smallest absolute Gasteiger partial charge is 0.0521 e. The minimum absolute atomic E-state index is 0.397. The number of hydrogen-bond donors (Lipinski definition) is 1. The van der Waals surface area contributed by atoms with Crippen LogP contribution >= 0.6 is 23.2 Å². The molecule has 0 radical (unpaired) electrons. The van der Waals surface area contributed by atoms with Gasteiger partial charge in [-0.25, -0.2) is 0 Å². The summed E-state index contributed by atoms with van der Waals surface area (Å²) in [5.74, 6) is 0. The summed E-state index contributed by atoms with van der Waals surface area (Å²) in [6, 6.07) is 6.11. The molecule has 0 saturated heterocycles. The molecule has 2 rings (SSSR count). The van der Waals surface area contributed by atoms with E-state index in [0.717, 1.165) is 36.4 Å². The summed E-state index contributed by atoms with van der Waals surface area (Å²) >= 11 is 12.2. The van der Waals surface area contributed by atoms with Gasteiger partial charge in [0.25, 0.3) is 0 Å². The van der Waals surface area contributed by atoms with E-state index in [9.17, 15) is 0 Å². The monoisotopic (exact) mass is 325 g/mol. The number of hydrogen-bond acceptors (Lipinski definition) is 2. The lowest BCUT2D eigenvalue weighted by Crippen LogP contribution is -2.31. The van der Waals surface area contributed by atoms with Gasteiger partial charge in [-0.2, -0.15) is 5.10 Å². The van der Waals surface area contributed by atoms with Gasteiger partial charge >= 0.3 is 0 Å². The van der Waals surface area contributed by atoms with Crippen molar-refractivity contribution in [3.05, 3.63) is 51.8 Å². The van der Waals surface area contributed by atoms with Crippen molar-refractivity contribution in [2.45, 2.75) is 32.2 Å². The molecule has 0 saturated carbocycles. The first-order valence-corrected chi connectivity index (χ1v) is 7.99. The fourth-order valence-electron chi connectivity index (χ4n) is 2.46. The molecule has 21 heavy (non-hydrogen) atoms. The van der Waals surface area contributed by atoms with E-state index in [1.165, 1.54) is 5.56 Å². The first-order valence-electron chi connectivity index (χ1n) is 7.23. The summed E-state index contributed by atoms with van der Waals surface area (Å²) < 4.78 is 1.84. The highest BCUT2D eigenvalue weighted by atomic mass is 35.5.